The van der Waals surface area contributed by atoms with E-state index >= 15 is 0 Å². The van der Waals surface area contributed by atoms with Crippen molar-refractivity contribution in [2.24, 2.45) is 22.2 Å². The van der Waals surface area contributed by atoms with Gasteiger partial charge in [-0.3, -0.25) is 4.79 Å². The Kier molecular flexibility index (Phi) is 3.63. The molecule has 4 atom stereocenters. The maximum absolute atomic E-state index is 13.1. The van der Waals surface area contributed by atoms with Crippen LogP contribution in [0.2, 0.25) is 18.1 Å². The lowest BCUT2D eigenvalue weighted by Gasteiger charge is -2.54. The van der Waals surface area contributed by atoms with Crippen LogP contribution >= 0.6 is 0 Å². The van der Waals surface area contributed by atoms with Gasteiger partial charge in [-0.15, -0.1) is 0 Å². The molecule has 3 fully saturated rings. The molecule has 3 rings (SSSR count). The molecule has 2 bridgehead atoms. The van der Waals surface area contributed by atoms with Gasteiger partial charge in [0, 0.05) is 17.9 Å². The van der Waals surface area contributed by atoms with Crippen LogP contribution < -0.4 is 0 Å². The molecule has 0 spiro atoms. The van der Waals surface area contributed by atoms with Crippen molar-refractivity contribution in [1.29, 1.82) is 0 Å². The first-order chi connectivity index (χ1) is 10.3. The molecular weight excluding hydrogens is 300 g/mol. The van der Waals surface area contributed by atoms with E-state index in [1.165, 1.54) is 19.3 Å². The zero-order valence-corrected chi connectivity index (χ0v) is 17.5. The number of carbonyl (C=O) groups excluding carboxylic acids is 1. The summed E-state index contributed by atoms with van der Waals surface area (Å²) in [6.07, 6.45) is 5.71. The van der Waals surface area contributed by atoms with Crippen molar-refractivity contribution in [3.8, 4) is 0 Å². The number of carbonyl (C=O) groups is 1. The largest absolute Gasteiger partial charge is 0.414 e. The van der Waals surface area contributed by atoms with Gasteiger partial charge in [0.15, 0.2) is 8.32 Å². The summed E-state index contributed by atoms with van der Waals surface area (Å²) in [7, 11) is -1.79. The molecule has 0 heterocycles. The highest BCUT2D eigenvalue weighted by Crippen LogP contribution is 2.75. The van der Waals surface area contributed by atoms with E-state index in [0.29, 0.717) is 17.8 Å². The molecule has 3 heteroatoms. The van der Waals surface area contributed by atoms with Gasteiger partial charge >= 0.3 is 0 Å². The molecule has 0 aromatic heterocycles. The molecule has 0 radical (unpaired) electrons. The minimum Gasteiger partial charge on any atom is -0.414 e. The van der Waals surface area contributed by atoms with E-state index in [0.717, 1.165) is 12.8 Å². The molecular formula is C20H36O2Si. The Morgan fingerprint density at radius 3 is 2.26 bits per heavy atom. The van der Waals surface area contributed by atoms with E-state index in [-0.39, 0.29) is 21.3 Å². The van der Waals surface area contributed by atoms with E-state index < -0.39 is 8.32 Å². The normalized spacial score (nSPS) is 42.9. The third-order valence-electron chi connectivity index (χ3n) is 8.54. The first-order valence-corrected chi connectivity index (χ1v) is 12.4. The van der Waals surface area contributed by atoms with E-state index in [4.69, 9.17) is 4.43 Å². The van der Waals surface area contributed by atoms with E-state index in [1.807, 2.05) is 0 Å². The second-order valence-electron chi connectivity index (χ2n) is 10.9. The molecule has 0 N–H and O–H groups in total. The fraction of sp³-hybridized carbons (Fsp3) is 0.950. The molecule has 2 nitrogen and oxygen atoms in total. The molecule has 3 saturated carbocycles. The molecule has 0 aromatic carbocycles. The molecule has 132 valence electrons. The summed E-state index contributed by atoms with van der Waals surface area (Å²) in [5, 5.41) is 0.234. The monoisotopic (exact) mass is 336 g/mol. The van der Waals surface area contributed by atoms with Crippen LogP contribution in [0.15, 0.2) is 0 Å². The quantitative estimate of drug-likeness (QED) is 0.616. The first kappa shape index (κ1) is 17.7. The second-order valence-corrected chi connectivity index (χ2v) is 15.7. The van der Waals surface area contributed by atoms with E-state index in [1.54, 1.807) is 0 Å². The zero-order valence-electron chi connectivity index (χ0n) is 16.5. The minimum atomic E-state index is -1.79. The van der Waals surface area contributed by atoms with E-state index in [9.17, 15) is 4.79 Å². The Bertz CT molecular complexity index is 530. The van der Waals surface area contributed by atoms with Crippen LogP contribution in [-0.4, -0.2) is 20.2 Å². The van der Waals surface area contributed by atoms with Crippen molar-refractivity contribution in [1.82, 2.24) is 0 Å². The van der Waals surface area contributed by atoms with E-state index in [2.05, 4.69) is 54.6 Å². The van der Waals surface area contributed by atoms with Crippen molar-refractivity contribution in [3.05, 3.63) is 0 Å². The molecule has 0 unspecified atom stereocenters. The Morgan fingerprint density at radius 2 is 1.74 bits per heavy atom. The van der Waals surface area contributed by atoms with Gasteiger partial charge in [0.05, 0.1) is 0 Å². The number of rotatable bonds is 2. The van der Waals surface area contributed by atoms with Crippen LogP contribution in [0.3, 0.4) is 0 Å². The summed E-state index contributed by atoms with van der Waals surface area (Å²) in [4.78, 5) is 13.1. The van der Waals surface area contributed by atoms with Crippen LogP contribution in [-0.2, 0) is 9.22 Å². The van der Waals surface area contributed by atoms with Crippen molar-refractivity contribution in [2.45, 2.75) is 97.9 Å². The van der Waals surface area contributed by atoms with Crippen LogP contribution in [0.4, 0.5) is 0 Å². The molecule has 0 aliphatic heterocycles. The topological polar surface area (TPSA) is 26.3 Å². The van der Waals surface area contributed by atoms with Gasteiger partial charge in [-0.25, -0.2) is 0 Å². The summed E-state index contributed by atoms with van der Waals surface area (Å²) < 4.78 is 6.88. The molecule has 3 aliphatic carbocycles. The smallest absolute Gasteiger partial charge is 0.192 e. The molecule has 0 amide bonds. The molecule has 3 aliphatic rings. The molecule has 0 saturated heterocycles. The average molecular weight is 337 g/mol. The van der Waals surface area contributed by atoms with Crippen LogP contribution in [0.1, 0.15) is 73.6 Å². The van der Waals surface area contributed by atoms with Crippen LogP contribution in [0.5, 0.6) is 0 Å². The maximum atomic E-state index is 13.1. The van der Waals surface area contributed by atoms with Gasteiger partial charge in [-0.2, -0.15) is 0 Å². The second kappa shape index (κ2) is 4.72. The van der Waals surface area contributed by atoms with Crippen molar-refractivity contribution in [2.75, 3.05) is 0 Å². The van der Waals surface area contributed by atoms with Crippen LogP contribution in [0, 0.1) is 22.2 Å². The van der Waals surface area contributed by atoms with Crippen LogP contribution in [0.25, 0.3) is 0 Å². The number of ketones is 1. The van der Waals surface area contributed by atoms with Gasteiger partial charge < -0.3 is 4.43 Å². The number of hydrogen-bond acceptors (Lipinski definition) is 2. The lowest BCUT2D eigenvalue weighted by atomic mass is 9.48. The third kappa shape index (κ3) is 2.05. The van der Waals surface area contributed by atoms with Crippen molar-refractivity contribution >= 4 is 14.1 Å². The number of Topliss-reactive ketones (excluding diaryl/α,β-unsaturated/α-hetero) is 1. The Labute approximate surface area is 143 Å². The summed E-state index contributed by atoms with van der Waals surface area (Å²) in [6.45, 7) is 18.8. The Hall–Kier alpha value is -0.153. The Morgan fingerprint density at radius 1 is 1.13 bits per heavy atom. The highest BCUT2D eigenvalue weighted by Gasteiger charge is 2.75. The zero-order chi connectivity index (χ0) is 17.5. The number of hydrogen-bond donors (Lipinski definition) is 0. The fourth-order valence-electron chi connectivity index (χ4n) is 6.18. The van der Waals surface area contributed by atoms with Gasteiger partial charge in [0.1, 0.15) is 5.78 Å². The maximum Gasteiger partial charge on any atom is 0.192 e. The Balaban J connectivity index is 1.97. The molecule has 23 heavy (non-hydrogen) atoms. The highest BCUT2D eigenvalue weighted by atomic mass is 28.4. The minimum absolute atomic E-state index is 0.122. The van der Waals surface area contributed by atoms with Gasteiger partial charge in [-0.1, -0.05) is 48.0 Å². The van der Waals surface area contributed by atoms with Gasteiger partial charge in [0.25, 0.3) is 0 Å². The standard InChI is InChI=1S/C20H36O2Si/c1-17(2,3)23(7,8)22-15-13-20-16(21)12-14(15)19(20,6)11-9-10-18(20,4)5/h14-15H,9-13H2,1-8H3/t14-,15+,19-,20-/m1/s1. The SMILES string of the molecule is CC1(C)CCC[C@]2(C)[C@@H]3CC(=O)[C@]12C[C@@H]3O[Si](C)(C)C(C)(C)C. The fourth-order valence-corrected chi connectivity index (χ4v) is 7.54. The van der Waals surface area contributed by atoms with Gasteiger partial charge in [-0.05, 0) is 54.1 Å². The summed E-state index contributed by atoms with van der Waals surface area (Å²) in [5.74, 6) is 0.994. The average Bonchev–Trinajstić information content (AvgIpc) is 2.72. The summed E-state index contributed by atoms with van der Waals surface area (Å²) >= 11 is 0. The van der Waals surface area contributed by atoms with Gasteiger partial charge in [0.2, 0.25) is 0 Å². The lowest BCUT2D eigenvalue weighted by molar-refractivity contribution is -0.146. The first-order valence-electron chi connectivity index (χ1n) is 9.50. The third-order valence-corrected chi connectivity index (χ3v) is 13.0. The lowest BCUT2D eigenvalue weighted by Crippen LogP contribution is -2.52. The molecule has 0 aromatic rings. The van der Waals surface area contributed by atoms with Crippen molar-refractivity contribution < 1.29 is 9.22 Å². The predicted octanol–water partition coefficient (Wildman–Crippen LogP) is 5.57. The predicted molar refractivity (Wildman–Crippen MR) is 98.0 cm³/mol. The highest BCUT2D eigenvalue weighted by molar-refractivity contribution is 6.74. The summed E-state index contributed by atoms with van der Waals surface area (Å²) in [5.41, 5.74) is 0.159. The van der Waals surface area contributed by atoms with Crippen molar-refractivity contribution in [3.63, 3.8) is 0 Å². The summed E-state index contributed by atoms with van der Waals surface area (Å²) in [6, 6.07) is 0.